The van der Waals surface area contributed by atoms with Crippen molar-refractivity contribution in [1.82, 2.24) is 4.98 Å². The van der Waals surface area contributed by atoms with Gasteiger partial charge in [0.25, 0.3) is 10.0 Å². The van der Waals surface area contributed by atoms with Gasteiger partial charge in [0.1, 0.15) is 5.82 Å². The van der Waals surface area contributed by atoms with E-state index >= 15 is 0 Å². The van der Waals surface area contributed by atoms with Gasteiger partial charge in [0.15, 0.2) is 0 Å². The van der Waals surface area contributed by atoms with Gasteiger partial charge >= 0.3 is 0 Å². The third-order valence-electron chi connectivity index (χ3n) is 2.46. The SMILES string of the molecule is CNc1cc(NS(=O)(=O)c2ccc(N)cc2)ccn1. The lowest BCUT2D eigenvalue weighted by atomic mass is 10.3. The van der Waals surface area contributed by atoms with Crippen LogP contribution in [0.2, 0.25) is 0 Å². The Hall–Kier alpha value is -2.28. The standard InChI is InChI=1S/C12H14N4O2S/c1-14-12-8-10(6-7-15-12)16-19(17,18)11-4-2-9(13)3-5-11/h2-8H,13H2,1H3,(H2,14,15,16). The fraction of sp³-hybridized carbons (Fsp3) is 0.0833. The monoisotopic (exact) mass is 278 g/mol. The molecule has 19 heavy (non-hydrogen) atoms. The number of nitrogen functional groups attached to an aromatic ring is 1. The molecule has 0 aliphatic carbocycles. The molecule has 0 bridgehead atoms. The quantitative estimate of drug-likeness (QED) is 0.736. The summed E-state index contributed by atoms with van der Waals surface area (Å²) in [4.78, 5) is 4.17. The molecular formula is C12H14N4O2S. The van der Waals surface area contributed by atoms with Gasteiger partial charge in [0.2, 0.25) is 0 Å². The third kappa shape index (κ3) is 3.14. The summed E-state index contributed by atoms with van der Waals surface area (Å²) >= 11 is 0. The zero-order valence-corrected chi connectivity index (χ0v) is 11.1. The second-order valence-corrected chi connectivity index (χ2v) is 5.54. The highest BCUT2D eigenvalue weighted by Gasteiger charge is 2.13. The second kappa shape index (κ2) is 5.15. The lowest BCUT2D eigenvalue weighted by Gasteiger charge is -2.09. The summed E-state index contributed by atoms with van der Waals surface area (Å²) in [6, 6.07) is 9.18. The van der Waals surface area contributed by atoms with Gasteiger partial charge in [-0.1, -0.05) is 0 Å². The molecule has 1 heterocycles. The highest BCUT2D eigenvalue weighted by molar-refractivity contribution is 7.92. The van der Waals surface area contributed by atoms with Gasteiger partial charge in [-0.05, 0) is 30.3 Å². The zero-order chi connectivity index (χ0) is 13.9. The number of pyridine rings is 1. The van der Waals surface area contributed by atoms with Crippen LogP contribution in [0.5, 0.6) is 0 Å². The Morgan fingerprint density at radius 2 is 1.84 bits per heavy atom. The van der Waals surface area contributed by atoms with Crippen molar-refractivity contribution in [1.29, 1.82) is 0 Å². The van der Waals surface area contributed by atoms with Crippen LogP contribution >= 0.6 is 0 Å². The van der Waals surface area contributed by atoms with Crippen molar-refractivity contribution in [2.75, 3.05) is 22.8 Å². The van der Waals surface area contributed by atoms with Crippen LogP contribution in [0.25, 0.3) is 0 Å². The highest BCUT2D eigenvalue weighted by Crippen LogP contribution is 2.18. The van der Waals surface area contributed by atoms with E-state index in [9.17, 15) is 8.42 Å². The first-order chi connectivity index (χ1) is 9.01. The van der Waals surface area contributed by atoms with E-state index < -0.39 is 10.0 Å². The first-order valence-electron chi connectivity index (χ1n) is 5.53. The molecular weight excluding hydrogens is 264 g/mol. The van der Waals surface area contributed by atoms with Crippen LogP contribution in [-0.4, -0.2) is 20.4 Å². The van der Waals surface area contributed by atoms with E-state index in [2.05, 4.69) is 15.0 Å². The molecule has 0 spiro atoms. The lowest BCUT2D eigenvalue weighted by Crippen LogP contribution is -2.13. The largest absolute Gasteiger partial charge is 0.399 e. The van der Waals surface area contributed by atoms with Gasteiger partial charge < -0.3 is 11.1 Å². The Balaban J connectivity index is 2.28. The minimum absolute atomic E-state index is 0.157. The summed E-state index contributed by atoms with van der Waals surface area (Å²) in [6.45, 7) is 0. The number of aromatic nitrogens is 1. The summed E-state index contributed by atoms with van der Waals surface area (Å²) in [5.41, 5.74) is 6.48. The molecule has 1 aromatic carbocycles. The molecule has 0 radical (unpaired) electrons. The van der Waals surface area contributed by atoms with Crippen LogP contribution in [0.1, 0.15) is 0 Å². The molecule has 0 amide bonds. The van der Waals surface area contributed by atoms with E-state index in [0.717, 1.165) is 0 Å². The molecule has 1 aromatic heterocycles. The van der Waals surface area contributed by atoms with E-state index in [1.54, 1.807) is 31.3 Å². The fourth-order valence-electron chi connectivity index (χ4n) is 1.49. The molecule has 6 nitrogen and oxygen atoms in total. The van der Waals surface area contributed by atoms with Crippen molar-refractivity contribution in [3.63, 3.8) is 0 Å². The van der Waals surface area contributed by atoms with E-state index in [1.165, 1.54) is 18.3 Å². The first-order valence-corrected chi connectivity index (χ1v) is 7.02. The van der Waals surface area contributed by atoms with Crippen LogP contribution in [0.4, 0.5) is 17.2 Å². The Labute approximate surface area is 111 Å². The molecule has 0 unspecified atom stereocenters. The minimum atomic E-state index is -3.62. The number of rotatable bonds is 4. The van der Waals surface area contributed by atoms with Crippen molar-refractivity contribution in [3.05, 3.63) is 42.6 Å². The average molecular weight is 278 g/mol. The molecule has 0 aliphatic heterocycles. The molecule has 0 fully saturated rings. The molecule has 0 saturated heterocycles. The van der Waals surface area contributed by atoms with Gasteiger partial charge in [0, 0.05) is 25.0 Å². The molecule has 100 valence electrons. The number of nitrogens with zero attached hydrogens (tertiary/aromatic N) is 1. The molecule has 0 saturated carbocycles. The van der Waals surface area contributed by atoms with Crippen LogP contribution in [-0.2, 0) is 10.0 Å². The fourth-order valence-corrected chi connectivity index (χ4v) is 2.54. The van der Waals surface area contributed by atoms with Crippen molar-refractivity contribution < 1.29 is 8.42 Å². The smallest absolute Gasteiger partial charge is 0.261 e. The number of benzene rings is 1. The van der Waals surface area contributed by atoms with Gasteiger partial charge in [-0.15, -0.1) is 0 Å². The zero-order valence-electron chi connectivity index (χ0n) is 10.3. The molecule has 2 rings (SSSR count). The summed E-state index contributed by atoms with van der Waals surface area (Å²) in [6.07, 6.45) is 1.52. The van der Waals surface area contributed by atoms with Crippen molar-refractivity contribution >= 4 is 27.2 Å². The van der Waals surface area contributed by atoms with Crippen molar-refractivity contribution in [2.24, 2.45) is 0 Å². The maximum absolute atomic E-state index is 12.1. The molecule has 0 aliphatic rings. The molecule has 2 aromatic rings. The molecule has 7 heteroatoms. The Morgan fingerprint density at radius 1 is 1.16 bits per heavy atom. The van der Waals surface area contributed by atoms with Gasteiger partial charge in [0.05, 0.1) is 10.6 Å². The Kier molecular flexibility index (Phi) is 3.57. The van der Waals surface area contributed by atoms with E-state index in [4.69, 9.17) is 5.73 Å². The predicted molar refractivity (Wildman–Crippen MR) is 75.4 cm³/mol. The van der Waals surface area contributed by atoms with Crippen LogP contribution in [0.15, 0.2) is 47.5 Å². The normalized spacial score (nSPS) is 11.0. The summed E-state index contributed by atoms with van der Waals surface area (Å²) in [7, 11) is -1.91. The van der Waals surface area contributed by atoms with Crippen LogP contribution in [0, 0.1) is 0 Å². The summed E-state index contributed by atoms with van der Waals surface area (Å²) in [5, 5.41) is 2.84. The topological polar surface area (TPSA) is 97.1 Å². The predicted octanol–water partition coefficient (Wildman–Crippen LogP) is 1.51. The second-order valence-electron chi connectivity index (χ2n) is 3.85. The van der Waals surface area contributed by atoms with Crippen molar-refractivity contribution in [3.8, 4) is 0 Å². The van der Waals surface area contributed by atoms with E-state index in [-0.39, 0.29) is 4.90 Å². The Morgan fingerprint density at radius 3 is 2.47 bits per heavy atom. The first kappa shape index (κ1) is 13.2. The van der Waals surface area contributed by atoms with Gasteiger partial charge in [-0.25, -0.2) is 13.4 Å². The molecule has 4 N–H and O–H groups in total. The lowest BCUT2D eigenvalue weighted by molar-refractivity contribution is 0.601. The summed E-state index contributed by atoms with van der Waals surface area (Å²) < 4.78 is 26.7. The number of anilines is 3. The maximum atomic E-state index is 12.1. The number of hydrogen-bond acceptors (Lipinski definition) is 5. The number of nitrogens with one attached hydrogen (secondary N) is 2. The van der Waals surface area contributed by atoms with Gasteiger partial charge in [-0.2, -0.15) is 0 Å². The highest BCUT2D eigenvalue weighted by atomic mass is 32.2. The number of hydrogen-bond donors (Lipinski definition) is 3. The van der Waals surface area contributed by atoms with Crippen LogP contribution in [0.3, 0.4) is 0 Å². The molecule has 0 atom stereocenters. The van der Waals surface area contributed by atoms with Gasteiger partial charge in [-0.3, -0.25) is 4.72 Å². The number of sulfonamides is 1. The van der Waals surface area contributed by atoms with Crippen molar-refractivity contribution in [2.45, 2.75) is 4.90 Å². The minimum Gasteiger partial charge on any atom is -0.399 e. The number of nitrogens with two attached hydrogens (primary N) is 1. The maximum Gasteiger partial charge on any atom is 0.261 e. The Bertz CT molecular complexity index is 668. The average Bonchev–Trinajstić information content (AvgIpc) is 2.39. The third-order valence-corrected chi connectivity index (χ3v) is 3.86. The van der Waals surface area contributed by atoms with Crippen LogP contribution < -0.4 is 15.8 Å². The summed E-state index contributed by atoms with van der Waals surface area (Å²) in [5.74, 6) is 0.581. The van der Waals surface area contributed by atoms with E-state index in [0.29, 0.717) is 17.2 Å². The van der Waals surface area contributed by atoms with E-state index in [1.807, 2.05) is 0 Å².